The van der Waals surface area contributed by atoms with Crippen LogP contribution in [0, 0.1) is 0 Å². The predicted molar refractivity (Wildman–Crippen MR) is 52.7 cm³/mol. The summed E-state index contributed by atoms with van der Waals surface area (Å²) in [5.41, 5.74) is 0.147. The van der Waals surface area contributed by atoms with Gasteiger partial charge in [0.1, 0.15) is 12.0 Å². The number of aromatic nitrogens is 2. The van der Waals surface area contributed by atoms with Crippen molar-refractivity contribution in [3.63, 3.8) is 0 Å². The van der Waals surface area contributed by atoms with E-state index in [1.54, 1.807) is 6.92 Å². The third kappa shape index (κ3) is 2.71. The highest BCUT2D eigenvalue weighted by Gasteiger charge is 2.11. The minimum Gasteiger partial charge on any atom is -0.450 e. The molecule has 0 aromatic carbocycles. The fourth-order valence-corrected chi connectivity index (χ4v) is 1.13. The van der Waals surface area contributed by atoms with Crippen molar-refractivity contribution in [2.75, 3.05) is 11.9 Å². The van der Waals surface area contributed by atoms with Crippen molar-refractivity contribution >= 4 is 35.0 Å². The zero-order valence-corrected chi connectivity index (χ0v) is 8.76. The molecule has 0 saturated carbocycles. The van der Waals surface area contributed by atoms with E-state index in [1.807, 2.05) is 0 Å². The molecule has 0 aliphatic heterocycles. The van der Waals surface area contributed by atoms with E-state index in [4.69, 9.17) is 23.2 Å². The molecule has 0 atom stereocenters. The van der Waals surface area contributed by atoms with Gasteiger partial charge in [0.15, 0.2) is 10.3 Å². The molecule has 0 fully saturated rings. The lowest BCUT2D eigenvalue weighted by Crippen LogP contribution is -2.14. The van der Waals surface area contributed by atoms with E-state index in [1.165, 1.54) is 6.33 Å². The highest BCUT2D eigenvalue weighted by molar-refractivity contribution is 6.38. The highest BCUT2D eigenvalue weighted by Crippen LogP contribution is 2.25. The SMILES string of the molecule is CCOC(=O)Nc1c(Cl)ncnc1Cl. The highest BCUT2D eigenvalue weighted by atomic mass is 35.5. The van der Waals surface area contributed by atoms with Crippen molar-refractivity contribution in [1.29, 1.82) is 0 Å². The Labute approximate surface area is 90.4 Å². The van der Waals surface area contributed by atoms with Crippen LogP contribution in [-0.4, -0.2) is 22.7 Å². The van der Waals surface area contributed by atoms with E-state index in [0.29, 0.717) is 0 Å². The molecule has 0 aliphatic carbocycles. The Hall–Kier alpha value is -1.07. The molecule has 1 amide bonds. The normalized spacial score (nSPS) is 9.64. The second-order valence-corrected chi connectivity index (χ2v) is 2.89. The molecular formula is C7H7Cl2N3O2. The fraction of sp³-hybridized carbons (Fsp3) is 0.286. The molecule has 1 heterocycles. The summed E-state index contributed by atoms with van der Waals surface area (Å²) < 4.78 is 4.63. The van der Waals surface area contributed by atoms with Crippen LogP contribution >= 0.6 is 23.2 Å². The molecule has 1 aromatic heterocycles. The number of amides is 1. The molecule has 0 unspecified atom stereocenters. The van der Waals surface area contributed by atoms with Crippen molar-refractivity contribution in [2.45, 2.75) is 6.92 Å². The average Bonchev–Trinajstić information content (AvgIpc) is 2.12. The molecule has 0 radical (unpaired) electrons. The summed E-state index contributed by atoms with van der Waals surface area (Å²) in [6.45, 7) is 1.94. The smallest absolute Gasteiger partial charge is 0.411 e. The number of nitrogens with one attached hydrogen (secondary N) is 1. The lowest BCUT2D eigenvalue weighted by Gasteiger charge is -2.06. The van der Waals surface area contributed by atoms with E-state index in [0.717, 1.165) is 0 Å². The Bertz CT molecular complexity index is 325. The second-order valence-electron chi connectivity index (χ2n) is 2.18. The number of anilines is 1. The number of hydrogen-bond donors (Lipinski definition) is 1. The van der Waals surface area contributed by atoms with Gasteiger partial charge in [0.2, 0.25) is 0 Å². The first-order valence-electron chi connectivity index (χ1n) is 3.75. The summed E-state index contributed by atoms with van der Waals surface area (Å²) >= 11 is 11.3. The molecule has 1 rings (SSSR count). The monoisotopic (exact) mass is 235 g/mol. The lowest BCUT2D eigenvalue weighted by molar-refractivity contribution is 0.168. The molecule has 76 valence electrons. The number of carbonyl (C=O) groups excluding carboxylic acids is 1. The molecular weight excluding hydrogens is 229 g/mol. The van der Waals surface area contributed by atoms with E-state index in [9.17, 15) is 4.79 Å². The quantitative estimate of drug-likeness (QED) is 0.800. The third-order valence-electron chi connectivity index (χ3n) is 1.26. The number of carbonyl (C=O) groups is 1. The average molecular weight is 236 g/mol. The summed E-state index contributed by atoms with van der Waals surface area (Å²) in [6, 6.07) is 0. The summed E-state index contributed by atoms with van der Waals surface area (Å²) in [6.07, 6.45) is 0.548. The Balaban J connectivity index is 2.80. The molecule has 5 nitrogen and oxygen atoms in total. The Morgan fingerprint density at radius 1 is 1.50 bits per heavy atom. The second kappa shape index (κ2) is 4.97. The minimum absolute atomic E-state index is 0.0676. The molecule has 1 aromatic rings. The Morgan fingerprint density at radius 3 is 2.57 bits per heavy atom. The van der Waals surface area contributed by atoms with Crippen LogP contribution < -0.4 is 5.32 Å². The van der Waals surface area contributed by atoms with Crippen molar-refractivity contribution in [1.82, 2.24) is 9.97 Å². The molecule has 1 N–H and O–H groups in total. The Morgan fingerprint density at radius 2 is 2.07 bits per heavy atom. The van der Waals surface area contributed by atoms with Crippen LogP contribution in [0.4, 0.5) is 10.5 Å². The zero-order chi connectivity index (χ0) is 10.6. The van der Waals surface area contributed by atoms with Gasteiger partial charge in [-0.05, 0) is 6.92 Å². The summed E-state index contributed by atoms with van der Waals surface area (Å²) in [4.78, 5) is 18.3. The van der Waals surface area contributed by atoms with Crippen LogP contribution in [-0.2, 0) is 4.74 Å². The van der Waals surface area contributed by atoms with Crippen LogP contribution in [0.2, 0.25) is 10.3 Å². The van der Waals surface area contributed by atoms with Gasteiger partial charge in [-0.1, -0.05) is 23.2 Å². The van der Waals surface area contributed by atoms with E-state index < -0.39 is 6.09 Å². The van der Waals surface area contributed by atoms with E-state index in [2.05, 4.69) is 20.0 Å². The molecule has 14 heavy (non-hydrogen) atoms. The number of rotatable bonds is 2. The molecule has 7 heteroatoms. The van der Waals surface area contributed by atoms with Gasteiger partial charge in [0.05, 0.1) is 6.61 Å². The largest absolute Gasteiger partial charge is 0.450 e. The number of hydrogen-bond acceptors (Lipinski definition) is 4. The third-order valence-corrected chi connectivity index (χ3v) is 1.83. The van der Waals surface area contributed by atoms with Gasteiger partial charge in [0.25, 0.3) is 0 Å². The van der Waals surface area contributed by atoms with Crippen molar-refractivity contribution in [3.8, 4) is 0 Å². The van der Waals surface area contributed by atoms with Crippen molar-refractivity contribution in [3.05, 3.63) is 16.6 Å². The minimum atomic E-state index is -0.647. The summed E-state index contributed by atoms with van der Waals surface area (Å²) in [5.74, 6) is 0. The number of nitrogens with zero attached hydrogens (tertiary/aromatic N) is 2. The number of ether oxygens (including phenoxy) is 1. The van der Waals surface area contributed by atoms with Crippen LogP contribution in [0.5, 0.6) is 0 Å². The van der Waals surface area contributed by atoms with E-state index >= 15 is 0 Å². The van der Waals surface area contributed by atoms with Gasteiger partial charge < -0.3 is 4.74 Å². The first kappa shape index (κ1) is 11.0. The van der Waals surface area contributed by atoms with Gasteiger partial charge in [0, 0.05) is 0 Å². The first-order chi connectivity index (χ1) is 6.65. The first-order valence-corrected chi connectivity index (χ1v) is 4.50. The standard InChI is InChI=1S/C7H7Cl2N3O2/c1-2-14-7(13)12-4-5(8)10-3-11-6(4)9/h3H,2H2,1H3,(H,12,13). The lowest BCUT2D eigenvalue weighted by atomic mass is 10.5. The fourth-order valence-electron chi connectivity index (χ4n) is 0.717. The van der Waals surface area contributed by atoms with Gasteiger partial charge >= 0.3 is 6.09 Å². The summed E-state index contributed by atoms with van der Waals surface area (Å²) in [7, 11) is 0. The van der Waals surface area contributed by atoms with Gasteiger partial charge in [-0.15, -0.1) is 0 Å². The number of halogens is 2. The van der Waals surface area contributed by atoms with Crippen molar-refractivity contribution in [2.24, 2.45) is 0 Å². The maximum Gasteiger partial charge on any atom is 0.411 e. The van der Waals surface area contributed by atoms with Gasteiger partial charge in [-0.25, -0.2) is 14.8 Å². The topological polar surface area (TPSA) is 64.1 Å². The van der Waals surface area contributed by atoms with Gasteiger partial charge in [-0.3, -0.25) is 5.32 Å². The van der Waals surface area contributed by atoms with Gasteiger partial charge in [-0.2, -0.15) is 0 Å². The summed E-state index contributed by atoms with van der Waals surface area (Å²) in [5, 5.41) is 2.46. The molecule has 0 spiro atoms. The van der Waals surface area contributed by atoms with Crippen LogP contribution in [0.15, 0.2) is 6.33 Å². The van der Waals surface area contributed by atoms with Crippen LogP contribution in [0.3, 0.4) is 0 Å². The van der Waals surface area contributed by atoms with Crippen LogP contribution in [0.25, 0.3) is 0 Å². The maximum atomic E-state index is 11.0. The molecule has 0 saturated heterocycles. The van der Waals surface area contributed by atoms with Crippen molar-refractivity contribution < 1.29 is 9.53 Å². The molecule has 0 aliphatic rings. The van der Waals surface area contributed by atoms with Crippen LogP contribution in [0.1, 0.15) is 6.92 Å². The zero-order valence-electron chi connectivity index (χ0n) is 7.25. The molecule has 0 bridgehead atoms. The predicted octanol–water partition coefficient (Wildman–Crippen LogP) is 2.35. The Kier molecular flexibility index (Phi) is 3.91. The van der Waals surface area contributed by atoms with E-state index in [-0.39, 0.29) is 22.6 Å². The maximum absolute atomic E-state index is 11.0.